The lowest BCUT2D eigenvalue weighted by atomic mass is 9.82. The van der Waals surface area contributed by atoms with Gasteiger partial charge in [0.25, 0.3) is 5.56 Å². The Balaban J connectivity index is 2.96. The van der Waals surface area contributed by atoms with E-state index in [4.69, 9.17) is 0 Å². The van der Waals surface area contributed by atoms with Gasteiger partial charge in [-0.1, -0.05) is 36.7 Å². The van der Waals surface area contributed by atoms with Gasteiger partial charge < -0.3 is 4.57 Å². The molecule has 1 rings (SSSR count). The van der Waals surface area contributed by atoms with Crippen molar-refractivity contribution in [3.63, 3.8) is 0 Å². The van der Waals surface area contributed by atoms with Gasteiger partial charge in [-0.05, 0) is 39.4 Å². The Bertz CT molecular complexity index is 406. The number of hydrogen-bond acceptors (Lipinski definition) is 1. The second kappa shape index (κ2) is 5.50. The van der Waals surface area contributed by atoms with Gasteiger partial charge in [-0.15, -0.1) is 0 Å². The molecule has 1 atom stereocenters. The molecule has 0 saturated carbocycles. The summed E-state index contributed by atoms with van der Waals surface area (Å²) in [6, 6.07) is 3.67. The molecule has 0 radical (unpaired) electrons. The maximum atomic E-state index is 11.8. The van der Waals surface area contributed by atoms with Crippen molar-refractivity contribution >= 4 is 31.9 Å². The van der Waals surface area contributed by atoms with Crippen LogP contribution >= 0.6 is 31.9 Å². The summed E-state index contributed by atoms with van der Waals surface area (Å²) in [4.78, 5) is 11.8. The zero-order valence-electron chi connectivity index (χ0n) is 9.84. The molecular weight excluding hydrogens is 334 g/mol. The second-order valence-electron chi connectivity index (χ2n) is 5.03. The number of aromatic nitrogens is 1. The van der Waals surface area contributed by atoms with E-state index in [1.54, 1.807) is 10.6 Å². The molecule has 1 unspecified atom stereocenters. The third-order valence-corrected chi connectivity index (χ3v) is 4.19. The summed E-state index contributed by atoms with van der Waals surface area (Å²) in [5.41, 5.74) is 0.225. The fourth-order valence-electron chi connectivity index (χ4n) is 1.44. The maximum absolute atomic E-state index is 11.8. The highest BCUT2D eigenvalue weighted by atomic mass is 79.9. The van der Waals surface area contributed by atoms with Crippen molar-refractivity contribution in [2.45, 2.75) is 27.3 Å². The van der Waals surface area contributed by atoms with E-state index < -0.39 is 0 Å². The average molecular weight is 351 g/mol. The molecular formula is C12H17Br2NO. The largest absolute Gasteiger partial charge is 0.314 e. The van der Waals surface area contributed by atoms with Crippen LogP contribution < -0.4 is 5.56 Å². The normalized spacial score (nSPS) is 13.8. The molecule has 4 heteroatoms. The predicted octanol–water partition coefficient (Wildman–Crippen LogP) is 3.67. The summed E-state index contributed by atoms with van der Waals surface area (Å²) in [6.07, 6.45) is 1.84. The number of rotatable bonds is 3. The van der Waals surface area contributed by atoms with Crippen molar-refractivity contribution in [3.8, 4) is 0 Å². The number of pyridine rings is 1. The predicted molar refractivity (Wildman–Crippen MR) is 75.1 cm³/mol. The third kappa shape index (κ3) is 3.45. The fraction of sp³-hybridized carbons (Fsp3) is 0.583. The lowest BCUT2D eigenvalue weighted by molar-refractivity contribution is 0.237. The minimum atomic E-state index is 0.0395. The van der Waals surface area contributed by atoms with Gasteiger partial charge in [-0.2, -0.15) is 0 Å². The van der Waals surface area contributed by atoms with Crippen molar-refractivity contribution in [2.75, 3.05) is 5.33 Å². The van der Waals surface area contributed by atoms with Crippen LogP contribution in [0.5, 0.6) is 0 Å². The van der Waals surface area contributed by atoms with Gasteiger partial charge in [0, 0.05) is 18.1 Å². The van der Waals surface area contributed by atoms with Crippen molar-refractivity contribution in [2.24, 2.45) is 11.3 Å². The van der Waals surface area contributed by atoms with Crippen LogP contribution in [0, 0.1) is 11.3 Å². The SMILES string of the molecule is CC(C)(C)C(CBr)Cn1cccc(Br)c1=O. The van der Waals surface area contributed by atoms with E-state index >= 15 is 0 Å². The van der Waals surface area contributed by atoms with E-state index in [0.29, 0.717) is 10.4 Å². The summed E-state index contributed by atoms with van der Waals surface area (Å²) in [7, 11) is 0. The van der Waals surface area contributed by atoms with Crippen molar-refractivity contribution in [1.29, 1.82) is 0 Å². The zero-order valence-corrected chi connectivity index (χ0v) is 13.0. The average Bonchev–Trinajstić information content (AvgIpc) is 2.18. The second-order valence-corrected chi connectivity index (χ2v) is 6.53. The van der Waals surface area contributed by atoms with Crippen LogP contribution in [0.25, 0.3) is 0 Å². The van der Waals surface area contributed by atoms with Gasteiger partial charge in [0.1, 0.15) is 0 Å². The maximum Gasteiger partial charge on any atom is 0.264 e. The first-order valence-corrected chi connectivity index (χ1v) is 7.18. The first-order valence-electron chi connectivity index (χ1n) is 5.27. The van der Waals surface area contributed by atoms with E-state index in [1.807, 2.05) is 12.3 Å². The van der Waals surface area contributed by atoms with Gasteiger partial charge in [0.05, 0.1) is 4.47 Å². The Hall–Kier alpha value is -0.0900. The van der Waals surface area contributed by atoms with E-state index in [0.717, 1.165) is 11.9 Å². The first kappa shape index (κ1) is 14.0. The Kier molecular flexibility index (Phi) is 4.80. The molecule has 0 amide bonds. The van der Waals surface area contributed by atoms with E-state index in [2.05, 4.69) is 52.6 Å². The minimum Gasteiger partial charge on any atom is -0.314 e. The van der Waals surface area contributed by atoms with Crippen LogP contribution in [-0.4, -0.2) is 9.90 Å². The lowest BCUT2D eigenvalue weighted by Gasteiger charge is -2.29. The van der Waals surface area contributed by atoms with Crippen LogP contribution in [0.4, 0.5) is 0 Å². The fourth-order valence-corrected chi connectivity index (χ4v) is 3.00. The Morgan fingerprint density at radius 1 is 1.44 bits per heavy atom. The highest BCUT2D eigenvalue weighted by Gasteiger charge is 2.24. The van der Waals surface area contributed by atoms with Crippen LogP contribution in [-0.2, 0) is 6.54 Å². The molecule has 0 fully saturated rings. The molecule has 0 aliphatic carbocycles. The molecule has 0 spiro atoms. The van der Waals surface area contributed by atoms with Crippen LogP contribution in [0.1, 0.15) is 20.8 Å². The third-order valence-electron chi connectivity index (χ3n) is 2.80. The van der Waals surface area contributed by atoms with Gasteiger partial charge in [-0.3, -0.25) is 4.79 Å². The number of halogens is 2. The molecule has 1 heterocycles. The smallest absolute Gasteiger partial charge is 0.264 e. The quantitative estimate of drug-likeness (QED) is 0.762. The van der Waals surface area contributed by atoms with Crippen LogP contribution in [0.15, 0.2) is 27.6 Å². The molecule has 0 aliphatic rings. The standard InChI is InChI=1S/C12H17Br2NO/c1-12(2,3)9(7-13)8-15-6-4-5-10(14)11(15)16/h4-6,9H,7-8H2,1-3H3. The molecule has 90 valence electrons. The van der Waals surface area contributed by atoms with Gasteiger partial charge >= 0.3 is 0 Å². The Labute approximate surface area is 113 Å². The highest BCUT2D eigenvalue weighted by Crippen LogP contribution is 2.28. The minimum absolute atomic E-state index is 0.0395. The molecule has 16 heavy (non-hydrogen) atoms. The molecule has 0 bridgehead atoms. The van der Waals surface area contributed by atoms with E-state index in [1.165, 1.54) is 0 Å². The molecule has 0 saturated heterocycles. The summed E-state index contributed by atoms with van der Waals surface area (Å²) in [6.45, 7) is 7.33. The van der Waals surface area contributed by atoms with Crippen molar-refractivity contribution in [1.82, 2.24) is 4.57 Å². The van der Waals surface area contributed by atoms with Gasteiger partial charge in [0.15, 0.2) is 0 Å². The molecule has 1 aromatic rings. The topological polar surface area (TPSA) is 22.0 Å². The first-order chi connectivity index (χ1) is 7.36. The molecule has 0 aliphatic heterocycles. The summed E-state index contributed by atoms with van der Waals surface area (Å²) in [5, 5.41) is 0.898. The van der Waals surface area contributed by atoms with E-state index in [9.17, 15) is 4.79 Å². The van der Waals surface area contributed by atoms with Gasteiger partial charge in [-0.25, -0.2) is 0 Å². The van der Waals surface area contributed by atoms with Crippen LogP contribution in [0.3, 0.4) is 0 Å². The van der Waals surface area contributed by atoms with Gasteiger partial charge in [0.2, 0.25) is 0 Å². The Morgan fingerprint density at radius 3 is 2.56 bits per heavy atom. The van der Waals surface area contributed by atoms with E-state index in [-0.39, 0.29) is 11.0 Å². The van der Waals surface area contributed by atoms with Crippen molar-refractivity contribution in [3.05, 3.63) is 33.2 Å². The summed E-state index contributed by atoms with van der Waals surface area (Å²) < 4.78 is 2.39. The molecule has 1 aromatic heterocycles. The number of nitrogens with zero attached hydrogens (tertiary/aromatic N) is 1. The monoisotopic (exact) mass is 349 g/mol. The number of alkyl halides is 1. The highest BCUT2D eigenvalue weighted by molar-refractivity contribution is 9.10. The summed E-state index contributed by atoms with van der Waals surface area (Å²) >= 11 is 6.79. The summed E-state index contributed by atoms with van der Waals surface area (Å²) in [5.74, 6) is 0.430. The lowest BCUT2D eigenvalue weighted by Crippen LogP contribution is -2.31. The zero-order chi connectivity index (χ0) is 12.3. The molecule has 0 N–H and O–H groups in total. The molecule has 2 nitrogen and oxygen atoms in total. The number of hydrogen-bond donors (Lipinski definition) is 0. The Morgan fingerprint density at radius 2 is 2.06 bits per heavy atom. The van der Waals surface area contributed by atoms with Crippen molar-refractivity contribution < 1.29 is 0 Å². The van der Waals surface area contributed by atoms with Crippen LogP contribution in [0.2, 0.25) is 0 Å². The molecule has 0 aromatic carbocycles.